The minimum Gasteiger partial charge on any atom is -0.748 e. The quantitative estimate of drug-likeness (QED) is 0.371. The second-order valence-corrected chi connectivity index (χ2v) is 7.54. The van der Waals surface area contributed by atoms with Gasteiger partial charge in [-0.1, -0.05) is 13.3 Å². The Morgan fingerprint density at radius 1 is 1.10 bits per heavy atom. The molecule has 21 heavy (non-hydrogen) atoms. The van der Waals surface area contributed by atoms with Crippen LogP contribution in [-0.2, 0) is 14.9 Å². The van der Waals surface area contributed by atoms with E-state index >= 15 is 0 Å². The first-order valence-corrected chi connectivity index (χ1v) is 9.75. The lowest BCUT2D eigenvalue weighted by Crippen LogP contribution is -2.41. The second kappa shape index (κ2) is 11.4. The van der Waals surface area contributed by atoms with Crippen molar-refractivity contribution in [2.45, 2.75) is 52.4 Å². The van der Waals surface area contributed by atoms with Gasteiger partial charge >= 0.3 is 0 Å². The number of nitrogens with zero attached hydrogens (tertiary/aromatic N) is 1. The van der Waals surface area contributed by atoms with Gasteiger partial charge in [0, 0.05) is 31.8 Å². The predicted molar refractivity (Wildman–Crippen MR) is 85.2 cm³/mol. The maximum absolute atomic E-state index is 10.1. The Kier molecular flexibility index (Phi) is 11.3. The van der Waals surface area contributed by atoms with Gasteiger partial charge in [0.1, 0.15) is 0 Å². The average molecular weight is 323 g/mol. The van der Waals surface area contributed by atoms with E-state index in [2.05, 4.69) is 14.0 Å². The van der Waals surface area contributed by atoms with Crippen molar-refractivity contribution in [2.75, 3.05) is 45.6 Å². The molecule has 0 saturated carbocycles. The lowest BCUT2D eigenvalue weighted by atomic mass is 10.3. The average Bonchev–Trinajstić information content (AvgIpc) is 2.83. The molecule has 1 fully saturated rings. The third-order valence-corrected chi connectivity index (χ3v) is 4.62. The van der Waals surface area contributed by atoms with Gasteiger partial charge in [-0.15, -0.1) is 0 Å². The molecule has 0 radical (unpaired) electrons. The largest absolute Gasteiger partial charge is 0.748 e. The molecule has 0 N–H and O–H groups in total. The lowest BCUT2D eigenvalue weighted by molar-refractivity contribution is -0.897. The first-order valence-electron chi connectivity index (χ1n) is 8.18. The number of hydrogen-bond donors (Lipinski definition) is 0. The van der Waals surface area contributed by atoms with Crippen LogP contribution < -0.4 is 0 Å². The van der Waals surface area contributed by atoms with Crippen LogP contribution in [0.4, 0.5) is 0 Å². The van der Waals surface area contributed by atoms with Crippen molar-refractivity contribution in [3.8, 4) is 0 Å². The van der Waals surface area contributed by atoms with Crippen molar-refractivity contribution in [3.05, 3.63) is 0 Å². The standard InChI is InChI=1S/C9H20N.C6H14O4S/c1-3-4-7-10(2)8-5-6-9-10;1-2-10-5-3-4-6-11(7,8)9/h3-9H2,1-2H3;2-6H2,1H3,(H,7,8,9)/q+1;/p-1. The molecule has 128 valence electrons. The van der Waals surface area contributed by atoms with Crippen molar-refractivity contribution >= 4 is 10.1 Å². The van der Waals surface area contributed by atoms with Gasteiger partial charge in [0.15, 0.2) is 0 Å². The Balaban J connectivity index is 0.000000382. The third kappa shape index (κ3) is 13.2. The normalized spacial score (nSPS) is 17.3. The smallest absolute Gasteiger partial charge is 0.0945 e. The van der Waals surface area contributed by atoms with Gasteiger partial charge in [-0.3, -0.25) is 0 Å². The summed E-state index contributed by atoms with van der Waals surface area (Å²) in [5.41, 5.74) is 0. The molecule has 5 nitrogen and oxygen atoms in total. The molecular weight excluding hydrogens is 290 g/mol. The summed E-state index contributed by atoms with van der Waals surface area (Å²) in [5, 5.41) is 0. The van der Waals surface area contributed by atoms with Gasteiger partial charge in [0.05, 0.1) is 36.8 Å². The van der Waals surface area contributed by atoms with E-state index in [1.807, 2.05) is 6.92 Å². The summed E-state index contributed by atoms with van der Waals surface area (Å²) >= 11 is 0. The van der Waals surface area contributed by atoms with Crippen LogP contribution in [0.1, 0.15) is 52.4 Å². The second-order valence-electron chi connectivity index (χ2n) is 6.02. The number of hydrogen-bond acceptors (Lipinski definition) is 4. The number of likely N-dealkylation sites (tertiary alicyclic amines) is 1. The van der Waals surface area contributed by atoms with Gasteiger partial charge < -0.3 is 13.8 Å². The maximum atomic E-state index is 10.1. The minimum absolute atomic E-state index is 0.278. The molecule has 0 atom stereocenters. The summed E-state index contributed by atoms with van der Waals surface area (Å²) in [6, 6.07) is 0. The highest BCUT2D eigenvalue weighted by molar-refractivity contribution is 7.85. The fourth-order valence-electron chi connectivity index (χ4n) is 2.49. The van der Waals surface area contributed by atoms with E-state index in [9.17, 15) is 13.0 Å². The SMILES string of the molecule is CCCC[N+]1(C)CCCC1.CCOCCCCS(=O)(=O)[O-]. The summed E-state index contributed by atoms with van der Waals surface area (Å²) in [4.78, 5) is 0. The minimum atomic E-state index is -4.02. The molecule has 0 aliphatic carbocycles. The zero-order valence-corrected chi connectivity index (χ0v) is 14.8. The molecule has 0 aromatic rings. The van der Waals surface area contributed by atoms with Crippen LogP contribution >= 0.6 is 0 Å². The molecule has 1 aliphatic heterocycles. The zero-order valence-electron chi connectivity index (χ0n) is 14.0. The Morgan fingerprint density at radius 3 is 2.19 bits per heavy atom. The molecule has 0 aromatic carbocycles. The fourth-order valence-corrected chi connectivity index (χ4v) is 3.05. The maximum Gasteiger partial charge on any atom is 0.0945 e. The van der Waals surface area contributed by atoms with Crippen molar-refractivity contribution in [3.63, 3.8) is 0 Å². The lowest BCUT2D eigenvalue weighted by Gasteiger charge is -2.28. The van der Waals surface area contributed by atoms with Gasteiger partial charge in [0.25, 0.3) is 0 Å². The molecule has 6 heteroatoms. The van der Waals surface area contributed by atoms with Crippen molar-refractivity contribution in [2.24, 2.45) is 0 Å². The molecule has 1 saturated heterocycles. The highest BCUT2D eigenvalue weighted by Gasteiger charge is 2.25. The van der Waals surface area contributed by atoms with E-state index in [0.717, 1.165) is 0 Å². The number of rotatable bonds is 9. The van der Waals surface area contributed by atoms with E-state index in [1.54, 1.807) is 0 Å². The monoisotopic (exact) mass is 323 g/mol. The van der Waals surface area contributed by atoms with Gasteiger partial charge in [0.2, 0.25) is 0 Å². The molecular formula is C15H33NO4S. The molecule has 1 aliphatic rings. The van der Waals surface area contributed by atoms with Crippen LogP contribution in [0.3, 0.4) is 0 Å². The number of ether oxygens (including phenoxy) is 1. The van der Waals surface area contributed by atoms with Crippen LogP contribution in [0.2, 0.25) is 0 Å². The summed E-state index contributed by atoms with van der Waals surface area (Å²) in [6.45, 7) is 9.58. The summed E-state index contributed by atoms with van der Waals surface area (Å²) < 4.78 is 36.5. The number of quaternary nitrogens is 1. The predicted octanol–water partition coefficient (Wildman–Crippen LogP) is 2.38. The Labute approximate surface area is 131 Å². The summed E-state index contributed by atoms with van der Waals surface area (Å²) in [5.74, 6) is -0.278. The van der Waals surface area contributed by atoms with Crippen LogP contribution in [0, 0.1) is 0 Å². The van der Waals surface area contributed by atoms with Crippen LogP contribution in [-0.4, -0.2) is 63.1 Å². The number of unbranched alkanes of at least 4 members (excludes halogenated alkanes) is 2. The topological polar surface area (TPSA) is 66.4 Å². The first kappa shape index (κ1) is 20.8. The highest BCUT2D eigenvalue weighted by Crippen LogP contribution is 2.16. The Bertz CT molecular complexity index is 338. The van der Waals surface area contributed by atoms with E-state index in [1.165, 1.54) is 49.8 Å². The summed E-state index contributed by atoms with van der Waals surface area (Å²) in [6.07, 6.45) is 6.71. The molecule has 0 amide bonds. The molecule has 0 aromatic heterocycles. The molecule has 1 rings (SSSR count). The summed E-state index contributed by atoms with van der Waals surface area (Å²) in [7, 11) is -1.61. The van der Waals surface area contributed by atoms with Gasteiger partial charge in [-0.2, -0.15) is 0 Å². The first-order chi connectivity index (χ1) is 9.83. The van der Waals surface area contributed by atoms with Crippen LogP contribution in [0.5, 0.6) is 0 Å². The third-order valence-electron chi connectivity index (χ3n) is 3.83. The van der Waals surface area contributed by atoms with E-state index < -0.39 is 10.1 Å². The van der Waals surface area contributed by atoms with E-state index in [4.69, 9.17) is 4.74 Å². The van der Waals surface area contributed by atoms with Crippen LogP contribution in [0.25, 0.3) is 0 Å². The Hall–Kier alpha value is -0.170. The molecule has 1 heterocycles. The van der Waals surface area contributed by atoms with Crippen molar-refractivity contribution in [1.82, 2.24) is 0 Å². The van der Waals surface area contributed by atoms with Crippen molar-refractivity contribution in [1.29, 1.82) is 0 Å². The molecule has 0 bridgehead atoms. The van der Waals surface area contributed by atoms with E-state index in [0.29, 0.717) is 26.1 Å². The molecule has 0 spiro atoms. The Morgan fingerprint density at radius 2 is 1.71 bits per heavy atom. The van der Waals surface area contributed by atoms with Gasteiger partial charge in [-0.25, -0.2) is 8.42 Å². The zero-order chi connectivity index (χ0) is 16.2. The van der Waals surface area contributed by atoms with Gasteiger partial charge in [-0.05, 0) is 26.2 Å². The van der Waals surface area contributed by atoms with Crippen molar-refractivity contribution < 1.29 is 22.2 Å². The molecule has 0 unspecified atom stereocenters. The fraction of sp³-hybridized carbons (Fsp3) is 1.00. The highest BCUT2D eigenvalue weighted by atomic mass is 32.2. The van der Waals surface area contributed by atoms with E-state index in [-0.39, 0.29) is 5.75 Å². The van der Waals surface area contributed by atoms with Crippen LogP contribution in [0.15, 0.2) is 0 Å².